The first-order valence-corrected chi connectivity index (χ1v) is 27.4. The first-order valence-electron chi connectivity index (χ1n) is 27.4. The molecule has 5 atom stereocenters. The molecule has 0 aliphatic carbocycles. The van der Waals surface area contributed by atoms with Crippen molar-refractivity contribution in [3.8, 4) is 28.7 Å². The van der Waals surface area contributed by atoms with Crippen molar-refractivity contribution < 1.29 is 57.2 Å². The van der Waals surface area contributed by atoms with E-state index >= 15 is 0 Å². The Labute approximate surface area is 471 Å². The van der Waals surface area contributed by atoms with Gasteiger partial charge in [0.15, 0.2) is 23.0 Å². The third kappa shape index (κ3) is 12.8. The van der Waals surface area contributed by atoms with Crippen molar-refractivity contribution >= 4 is 89.8 Å². The normalized spacial score (nSPS) is 18.7. The van der Waals surface area contributed by atoms with Crippen LogP contribution in [0.4, 0.5) is 17.1 Å². The van der Waals surface area contributed by atoms with Crippen LogP contribution < -0.4 is 39.6 Å². The number of benzene rings is 4. The van der Waals surface area contributed by atoms with E-state index in [1.165, 1.54) is 19.1 Å². The number of nitrogens with one attached hydrogen (secondary N) is 3. The quantitative estimate of drug-likeness (QED) is 0.0394. The number of unbranched alkanes of at least 4 members (excludes halogenated alkanes) is 2. The molecule has 422 valence electrons. The number of carbonyl (C=O) groups is 7. The molecule has 4 aromatic carbocycles. The van der Waals surface area contributed by atoms with Gasteiger partial charge in [-0.15, -0.1) is 0 Å². The lowest BCUT2D eigenvalue weighted by atomic mass is 9.86. The third-order valence-corrected chi connectivity index (χ3v) is 15.0. The molecule has 81 heavy (non-hydrogen) atoms. The van der Waals surface area contributed by atoms with Gasteiger partial charge in [0.05, 0.1) is 69.1 Å². The Balaban J connectivity index is 0.736. The van der Waals surface area contributed by atoms with Crippen molar-refractivity contribution in [1.82, 2.24) is 25.3 Å². The highest BCUT2D eigenvalue weighted by Crippen LogP contribution is 2.42. The molecular weight excluding hydrogens is 1040 g/mol. The Morgan fingerprint density at radius 2 is 1.19 bits per heavy atom. The fourth-order valence-electron chi connectivity index (χ4n) is 10.4. The molecule has 21 heteroatoms. The van der Waals surface area contributed by atoms with Crippen LogP contribution in [0.3, 0.4) is 0 Å². The van der Waals surface area contributed by atoms with E-state index in [1.807, 2.05) is 48.8 Å². The molecule has 7 amide bonds. The van der Waals surface area contributed by atoms with Crippen LogP contribution in [0.25, 0.3) is 11.1 Å². The second-order valence-electron chi connectivity index (χ2n) is 21.0. The highest BCUT2D eigenvalue weighted by molar-refractivity contribution is 6.29. The maximum atomic E-state index is 14.1. The molecule has 5 aliphatic rings. The van der Waals surface area contributed by atoms with E-state index in [2.05, 4.69) is 16.0 Å². The molecule has 5 heterocycles. The molecule has 5 aliphatic heterocycles. The molecule has 3 N–H and O–H groups in total. The van der Waals surface area contributed by atoms with Gasteiger partial charge in [0.25, 0.3) is 11.8 Å². The van der Waals surface area contributed by atoms with Crippen molar-refractivity contribution in [1.29, 1.82) is 0 Å². The Bertz CT molecular complexity index is 3230. The summed E-state index contributed by atoms with van der Waals surface area (Å²) in [7, 11) is 6.40. The number of hydrogen-bond acceptors (Lipinski definition) is 14. The van der Waals surface area contributed by atoms with E-state index in [1.54, 1.807) is 94.4 Å². The zero-order valence-corrected chi connectivity index (χ0v) is 46.6. The smallest absolute Gasteiger partial charge is 0.260 e. The minimum absolute atomic E-state index is 0.153. The van der Waals surface area contributed by atoms with Gasteiger partial charge in [-0.1, -0.05) is 44.5 Å². The predicted molar refractivity (Wildman–Crippen MR) is 308 cm³/mol. The van der Waals surface area contributed by atoms with E-state index in [9.17, 15) is 33.6 Å². The summed E-state index contributed by atoms with van der Waals surface area (Å²) in [6.07, 6.45) is 11.0. The van der Waals surface area contributed by atoms with Gasteiger partial charge in [-0.2, -0.15) is 0 Å². The molecule has 0 spiro atoms. The molecule has 1 fully saturated rings. The van der Waals surface area contributed by atoms with Crippen LogP contribution in [0, 0.1) is 5.92 Å². The van der Waals surface area contributed by atoms with E-state index in [0.29, 0.717) is 96.3 Å². The SMILES string of the molecule is BC1CC(=O)N(CCCCCC(=O)N[C@H](C(=O)N[C@@H](C)C(=O)Nc2ccc(C3=CN4C(=O)c5cc(OC)c(OCCCOc6cc7c(cc6OC)C(=O)N6C=C(c8ccc(OC)cc8)C[C@H]6C=N7)cc5N=C[C@@H]4C3)cc2)C(C)C)C1=O. The largest absolute Gasteiger partial charge is 0.497 e. The monoisotopic (exact) mass is 1100 g/mol. The Morgan fingerprint density at radius 3 is 1.68 bits per heavy atom. The van der Waals surface area contributed by atoms with Crippen LogP contribution in [0.2, 0.25) is 5.82 Å². The van der Waals surface area contributed by atoms with Crippen molar-refractivity contribution in [2.75, 3.05) is 46.4 Å². The van der Waals surface area contributed by atoms with Gasteiger partial charge < -0.3 is 49.4 Å². The summed E-state index contributed by atoms with van der Waals surface area (Å²) in [6, 6.07) is 19.3. The van der Waals surface area contributed by atoms with E-state index < -0.39 is 23.9 Å². The average molecular weight is 1100 g/mol. The standard InChI is InChI=1S/C60H67BN8O12/c1-34(2)55(66-53(70)11-8-7-9-20-67-54(71)27-46(61)60(67)76)57(73)64-35(3)56(72)65-40-16-12-36(13-17-40)38-23-41-30-62-47-28-51(49(78-5)25-44(47)58(74)68(41)32-38)80-21-10-22-81-52-29-48-45(26-50(52)79-6)59(75)69-33-39(24-42(69)31-63-48)37-14-18-43(77-4)19-15-37/h12-19,25-26,28-35,41-42,46,55H,7-11,20-24,27,61H2,1-6H3,(H,64,73)(H,65,72)(H,66,70)/t35-,41-,42-,46?,55-/m0/s1. The number of nitrogens with zero attached hydrogens (tertiary/aromatic N) is 5. The fourth-order valence-corrected chi connectivity index (χ4v) is 10.4. The van der Waals surface area contributed by atoms with Crippen LogP contribution in [0.5, 0.6) is 28.7 Å². The summed E-state index contributed by atoms with van der Waals surface area (Å²) in [6.45, 7) is 6.01. The third-order valence-electron chi connectivity index (χ3n) is 15.0. The van der Waals surface area contributed by atoms with Crippen molar-refractivity contribution in [3.63, 3.8) is 0 Å². The summed E-state index contributed by atoms with van der Waals surface area (Å²) in [5.41, 5.74) is 5.95. The van der Waals surface area contributed by atoms with Gasteiger partial charge in [-0.3, -0.25) is 48.4 Å². The number of imide groups is 1. The number of fused-ring (bicyclic) bond motifs is 4. The van der Waals surface area contributed by atoms with Crippen LogP contribution in [0.15, 0.2) is 95.2 Å². The van der Waals surface area contributed by atoms with E-state index in [4.69, 9.17) is 33.7 Å². The molecule has 20 nitrogen and oxygen atoms in total. The van der Waals surface area contributed by atoms with E-state index in [-0.39, 0.29) is 79.4 Å². The van der Waals surface area contributed by atoms with Gasteiger partial charge in [0, 0.05) is 87.1 Å². The molecule has 1 unspecified atom stereocenters. The number of methoxy groups -OCH3 is 3. The predicted octanol–water partition coefficient (Wildman–Crippen LogP) is 6.83. The maximum absolute atomic E-state index is 14.1. The van der Waals surface area contributed by atoms with E-state index in [0.717, 1.165) is 28.0 Å². The number of ether oxygens (including phenoxy) is 5. The molecule has 9 rings (SSSR count). The summed E-state index contributed by atoms with van der Waals surface area (Å²) < 4.78 is 29.0. The molecule has 0 saturated carbocycles. The number of rotatable bonds is 23. The lowest BCUT2D eigenvalue weighted by Crippen LogP contribution is -2.53. The summed E-state index contributed by atoms with van der Waals surface area (Å²) in [5.74, 6) is -0.164. The minimum atomic E-state index is -0.923. The van der Waals surface area contributed by atoms with Crippen LogP contribution >= 0.6 is 0 Å². The number of hydrogen-bond donors (Lipinski definition) is 3. The van der Waals surface area contributed by atoms with Crippen molar-refractivity contribution in [2.24, 2.45) is 15.9 Å². The number of aliphatic imine (C=N–C) groups is 2. The zero-order chi connectivity index (χ0) is 57.5. The van der Waals surface area contributed by atoms with Gasteiger partial charge in [-0.25, -0.2) is 0 Å². The summed E-state index contributed by atoms with van der Waals surface area (Å²) >= 11 is 0. The maximum Gasteiger partial charge on any atom is 0.260 e. The lowest BCUT2D eigenvalue weighted by Gasteiger charge is -2.24. The Morgan fingerprint density at radius 1 is 0.642 bits per heavy atom. The van der Waals surface area contributed by atoms with Gasteiger partial charge >= 0.3 is 0 Å². The Kier molecular flexibility index (Phi) is 17.7. The molecule has 1 saturated heterocycles. The molecule has 0 aromatic heterocycles. The van der Waals surface area contributed by atoms with Crippen molar-refractivity contribution in [2.45, 2.75) is 102 Å². The highest BCUT2D eigenvalue weighted by Gasteiger charge is 2.37. The molecule has 0 bridgehead atoms. The number of likely N-dealkylation sites (tertiary alicyclic amines) is 1. The molecular formula is C60H67BN8O12. The Hall–Kier alpha value is -8.75. The molecule has 4 aromatic rings. The van der Waals surface area contributed by atoms with Crippen LogP contribution in [-0.4, -0.2) is 142 Å². The molecule has 0 radical (unpaired) electrons. The minimum Gasteiger partial charge on any atom is -0.497 e. The second kappa shape index (κ2) is 25.1. The number of anilines is 1. The van der Waals surface area contributed by atoms with Crippen LogP contribution in [0.1, 0.15) is 104 Å². The van der Waals surface area contributed by atoms with Gasteiger partial charge in [-0.05, 0) is 84.4 Å². The summed E-state index contributed by atoms with van der Waals surface area (Å²) in [5, 5.41) is 8.37. The van der Waals surface area contributed by atoms with Crippen molar-refractivity contribution in [3.05, 3.63) is 107 Å². The first-order chi connectivity index (χ1) is 39.0. The first kappa shape index (κ1) is 57.0. The highest BCUT2D eigenvalue weighted by atomic mass is 16.5. The second-order valence-corrected chi connectivity index (χ2v) is 21.0. The van der Waals surface area contributed by atoms with Gasteiger partial charge in [0.2, 0.25) is 29.5 Å². The zero-order valence-electron chi connectivity index (χ0n) is 46.6. The number of carbonyl (C=O) groups excluding carboxylic acids is 7. The summed E-state index contributed by atoms with van der Waals surface area (Å²) in [4.78, 5) is 106. The number of amides is 7. The fraction of sp³-hybridized carbons (Fsp3) is 0.383. The lowest BCUT2D eigenvalue weighted by molar-refractivity contribution is -0.138. The van der Waals surface area contributed by atoms with Crippen LogP contribution in [-0.2, 0) is 24.0 Å². The average Bonchev–Trinajstić information content (AvgIpc) is 4.28. The van der Waals surface area contributed by atoms with Gasteiger partial charge in [0.1, 0.15) is 25.7 Å². The topological polar surface area (TPSA) is 236 Å².